The summed E-state index contributed by atoms with van der Waals surface area (Å²) in [5.41, 5.74) is 2.09. The van der Waals surface area contributed by atoms with Gasteiger partial charge in [-0.05, 0) is 18.2 Å². The fourth-order valence-corrected chi connectivity index (χ4v) is 3.48. The van der Waals surface area contributed by atoms with E-state index in [2.05, 4.69) is 9.97 Å². The number of hydrogen-bond donors (Lipinski definition) is 2. The lowest BCUT2D eigenvalue weighted by Crippen LogP contribution is -2.32. The quantitative estimate of drug-likeness (QED) is 0.735. The molecular formula is C16H15N3O4S. The number of rotatable bonds is 5. The van der Waals surface area contributed by atoms with Crippen LogP contribution in [0.25, 0.3) is 22.4 Å². The van der Waals surface area contributed by atoms with E-state index >= 15 is 0 Å². The van der Waals surface area contributed by atoms with Crippen LogP contribution in [0.3, 0.4) is 0 Å². The van der Waals surface area contributed by atoms with Crippen molar-refractivity contribution in [2.45, 2.75) is 4.90 Å². The Hall–Kier alpha value is -2.71. The van der Waals surface area contributed by atoms with Crippen LogP contribution in [-0.2, 0) is 14.8 Å². The molecule has 0 atom stereocenters. The van der Waals surface area contributed by atoms with E-state index in [1.54, 1.807) is 6.07 Å². The number of imidazole rings is 1. The Balaban J connectivity index is 2.01. The fraction of sp³-hybridized carbons (Fsp3) is 0.125. The molecule has 0 saturated carbocycles. The Labute approximate surface area is 138 Å². The number of fused-ring (bicyclic) bond motifs is 1. The van der Waals surface area contributed by atoms with Gasteiger partial charge in [0.1, 0.15) is 12.4 Å². The maximum absolute atomic E-state index is 12.4. The van der Waals surface area contributed by atoms with Gasteiger partial charge in [-0.15, -0.1) is 0 Å². The third-order valence-electron chi connectivity index (χ3n) is 3.57. The maximum atomic E-state index is 12.4. The van der Waals surface area contributed by atoms with Crippen molar-refractivity contribution in [2.24, 2.45) is 0 Å². The molecule has 2 aromatic carbocycles. The van der Waals surface area contributed by atoms with E-state index in [0.717, 1.165) is 9.87 Å². The highest BCUT2D eigenvalue weighted by Crippen LogP contribution is 2.23. The first-order chi connectivity index (χ1) is 11.4. The van der Waals surface area contributed by atoms with Crippen LogP contribution in [0, 0.1) is 0 Å². The molecule has 24 heavy (non-hydrogen) atoms. The molecule has 0 aliphatic heterocycles. The second-order valence-electron chi connectivity index (χ2n) is 5.29. The Kier molecular flexibility index (Phi) is 4.08. The minimum Gasteiger partial charge on any atom is -0.480 e. The Morgan fingerprint density at radius 1 is 1.21 bits per heavy atom. The number of aromatic amines is 1. The molecule has 7 nitrogen and oxygen atoms in total. The molecule has 3 aromatic rings. The van der Waals surface area contributed by atoms with E-state index < -0.39 is 22.5 Å². The number of nitrogens with one attached hydrogen (secondary N) is 1. The lowest BCUT2D eigenvalue weighted by atomic mass is 10.2. The zero-order valence-electron chi connectivity index (χ0n) is 12.8. The minimum atomic E-state index is -3.88. The molecule has 124 valence electrons. The molecule has 1 aromatic heterocycles. The predicted molar refractivity (Wildman–Crippen MR) is 89.0 cm³/mol. The molecule has 0 fully saturated rings. The zero-order chi connectivity index (χ0) is 17.3. The number of hydrogen-bond acceptors (Lipinski definition) is 4. The third kappa shape index (κ3) is 3.01. The van der Waals surface area contributed by atoms with Gasteiger partial charge in [0.15, 0.2) is 0 Å². The molecule has 2 N–H and O–H groups in total. The van der Waals surface area contributed by atoms with Crippen LogP contribution in [0.4, 0.5) is 0 Å². The number of aliphatic carboxylic acids is 1. The van der Waals surface area contributed by atoms with E-state index in [1.165, 1.54) is 19.2 Å². The second-order valence-corrected chi connectivity index (χ2v) is 7.33. The molecule has 0 bridgehead atoms. The second kappa shape index (κ2) is 6.06. The Morgan fingerprint density at radius 2 is 1.92 bits per heavy atom. The zero-order valence-corrected chi connectivity index (χ0v) is 13.6. The number of carbonyl (C=O) groups is 1. The van der Waals surface area contributed by atoms with E-state index in [0.29, 0.717) is 16.9 Å². The summed E-state index contributed by atoms with van der Waals surface area (Å²) in [6.07, 6.45) is 0. The number of likely N-dealkylation sites (N-methyl/N-ethyl adjacent to an activating group) is 1. The summed E-state index contributed by atoms with van der Waals surface area (Å²) in [4.78, 5) is 18.3. The van der Waals surface area contributed by atoms with Crippen molar-refractivity contribution in [1.29, 1.82) is 0 Å². The molecule has 0 amide bonds. The van der Waals surface area contributed by atoms with Gasteiger partial charge in [-0.3, -0.25) is 4.79 Å². The Bertz CT molecular complexity index is 997. The molecule has 3 rings (SSSR count). The van der Waals surface area contributed by atoms with Gasteiger partial charge in [0.2, 0.25) is 10.0 Å². The maximum Gasteiger partial charge on any atom is 0.318 e. The van der Waals surface area contributed by atoms with Crippen LogP contribution in [0.1, 0.15) is 0 Å². The minimum absolute atomic E-state index is 0.0158. The summed E-state index contributed by atoms with van der Waals surface area (Å²) < 4.78 is 25.6. The van der Waals surface area contributed by atoms with Crippen LogP contribution >= 0.6 is 0 Å². The SMILES string of the molecule is CN(CC(=O)O)S(=O)(=O)c1ccc2nc(-c3ccccc3)[nH]c2c1. The topological polar surface area (TPSA) is 103 Å². The summed E-state index contributed by atoms with van der Waals surface area (Å²) in [6.45, 7) is -0.599. The number of sulfonamides is 1. The predicted octanol–water partition coefficient (Wildman–Crippen LogP) is 1.94. The number of carboxylic acids is 1. The van der Waals surface area contributed by atoms with Crippen LogP contribution in [0.2, 0.25) is 0 Å². The van der Waals surface area contributed by atoms with Crippen molar-refractivity contribution in [3.63, 3.8) is 0 Å². The van der Waals surface area contributed by atoms with Crippen molar-refractivity contribution >= 4 is 27.0 Å². The van der Waals surface area contributed by atoms with Gasteiger partial charge >= 0.3 is 5.97 Å². The number of aromatic nitrogens is 2. The third-order valence-corrected chi connectivity index (χ3v) is 5.37. The number of benzene rings is 2. The van der Waals surface area contributed by atoms with Crippen molar-refractivity contribution in [3.8, 4) is 11.4 Å². The van der Waals surface area contributed by atoms with E-state index in [4.69, 9.17) is 5.11 Å². The van der Waals surface area contributed by atoms with Gasteiger partial charge in [-0.2, -0.15) is 4.31 Å². The van der Waals surface area contributed by atoms with E-state index in [9.17, 15) is 13.2 Å². The van der Waals surface area contributed by atoms with Gasteiger partial charge in [-0.1, -0.05) is 30.3 Å². The lowest BCUT2D eigenvalue weighted by Gasteiger charge is -2.14. The van der Waals surface area contributed by atoms with Gasteiger partial charge in [0, 0.05) is 12.6 Å². The van der Waals surface area contributed by atoms with Crippen LogP contribution < -0.4 is 0 Å². The molecule has 0 radical (unpaired) electrons. The summed E-state index contributed by atoms with van der Waals surface area (Å²) >= 11 is 0. The standard InChI is InChI=1S/C16H15N3O4S/c1-19(10-15(20)21)24(22,23)12-7-8-13-14(9-12)18-16(17-13)11-5-3-2-4-6-11/h2-9H,10H2,1H3,(H,17,18)(H,20,21). The van der Waals surface area contributed by atoms with E-state index in [1.807, 2.05) is 30.3 Å². The van der Waals surface area contributed by atoms with Crippen molar-refractivity contribution in [2.75, 3.05) is 13.6 Å². The van der Waals surface area contributed by atoms with Gasteiger partial charge < -0.3 is 10.1 Å². The molecule has 8 heteroatoms. The number of carboxylic acid groups (broad SMARTS) is 1. The van der Waals surface area contributed by atoms with Gasteiger partial charge in [-0.25, -0.2) is 13.4 Å². The molecule has 1 heterocycles. The lowest BCUT2D eigenvalue weighted by molar-refractivity contribution is -0.137. The molecule has 0 aliphatic rings. The molecule has 0 saturated heterocycles. The molecular weight excluding hydrogens is 330 g/mol. The van der Waals surface area contributed by atoms with Crippen LogP contribution in [-0.4, -0.2) is 47.4 Å². The summed E-state index contributed by atoms with van der Waals surface area (Å²) in [5.74, 6) is -0.575. The van der Waals surface area contributed by atoms with Crippen molar-refractivity contribution in [3.05, 3.63) is 48.5 Å². The average Bonchev–Trinajstić information content (AvgIpc) is 2.98. The molecule has 0 spiro atoms. The average molecular weight is 345 g/mol. The van der Waals surface area contributed by atoms with Crippen LogP contribution in [0.5, 0.6) is 0 Å². The van der Waals surface area contributed by atoms with Gasteiger partial charge in [0.05, 0.1) is 15.9 Å². The fourth-order valence-electron chi connectivity index (χ4n) is 2.34. The Morgan fingerprint density at radius 3 is 2.58 bits per heavy atom. The number of H-pyrrole nitrogens is 1. The highest BCUT2D eigenvalue weighted by Gasteiger charge is 2.23. The monoisotopic (exact) mass is 345 g/mol. The normalized spacial score (nSPS) is 11.9. The smallest absolute Gasteiger partial charge is 0.318 e. The summed E-state index contributed by atoms with van der Waals surface area (Å²) in [5, 5.41) is 8.77. The number of nitrogens with zero attached hydrogens (tertiary/aromatic N) is 2. The van der Waals surface area contributed by atoms with Crippen molar-refractivity contribution in [1.82, 2.24) is 14.3 Å². The summed E-state index contributed by atoms with van der Waals surface area (Å²) in [6, 6.07) is 14.0. The first-order valence-electron chi connectivity index (χ1n) is 7.11. The van der Waals surface area contributed by atoms with Gasteiger partial charge in [0.25, 0.3) is 0 Å². The first kappa shape index (κ1) is 16.2. The summed E-state index contributed by atoms with van der Waals surface area (Å²) in [7, 11) is -2.64. The first-order valence-corrected chi connectivity index (χ1v) is 8.55. The van der Waals surface area contributed by atoms with Crippen LogP contribution in [0.15, 0.2) is 53.4 Å². The molecule has 0 unspecified atom stereocenters. The van der Waals surface area contributed by atoms with Crippen molar-refractivity contribution < 1.29 is 18.3 Å². The largest absolute Gasteiger partial charge is 0.480 e. The molecule has 0 aliphatic carbocycles. The highest BCUT2D eigenvalue weighted by molar-refractivity contribution is 7.89. The highest BCUT2D eigenvalue weighted by atomic mass is 32.2. The van der Waals surface area contributed by atoms with E-state index in [-0.39, 0.29) is 4.90 Å².